The fourth-order valence-electron chi connectivity index (χ4n) is 1.88. The molecule has 2 heteroatoms. The van der Waals surface area contributed by atoms with Gasteiger partial charge >= 0.3 is 0 Å². The lowest BCUT2D eigenvalue weighted by molar-refractivity contribution is 0.570. The van der Waals surface area contributed by atoms with Crippen LogP contribution in [0.25, 0.3) is 11.0 Å². The van der Waals surface area contributed by atoms with Crippen molar-refractivity contribution < 1.29 is 4.42 Å². The minimum atomic E-state index is 0.670. The van der Waals surface area contributed by atoms with Crippen LogP contribution in [0.15, 0.2) is 22.6 Å². The van der Waals surface area contributed by atoms with Crippen LogP contribution in [0.3, 0.4) is 0 Å². The Morgan fingerprint density at radius 2 is 2.07 bits per heavy atom. The minimum absolute atomic E-state index is 0.670. The third kappa shape index (κ3) is 1.32. The maximum Gasteiger partial charge on any atom is 0.137 e. The molecule has 0 bridgehead atoms. The van der Waals surface area contributed by atoms with Crippen molar-refractivity contribution in [3.63, 3.8) is 0 Å². The van der Waals surface area contributed by atoms with Gasteiger partial charge in [-0.05, 0) is 32.4 Å². The molecule has 0 amide bonds. The molecule has 2 N–H and O–H groups in total. The lowest BCUT2D eigenvalue weighted by Gasteiger charge is -1.96. The van der Waals surface area contributed by atoms with Gasteiger partial charge in [0.05, 0.1) is 0 Å². The van der Waals surface area contributed by atoms with E-state index in [-0.39, 0.29) is 0 Å². The third-order valence-electron chi connectivity index (χ3n) is 2.61. The normalized spacial score (nSPS) is 11.1. The van der Waals surface area contributed by atoms with E-state index in [1.165, 1.54) is 16.5 Å². The first-order valence-corrected chi connectivity index (χ1v) is 4.91. The molecule has 0 radical (unpaired) electrons. The number of fused-ring (bicyclic) bond motifs is 1. The van der Waals surface area contributed by atoms with E-state index in [0.29, 0.717) is 6.54 Å². The molecule has 1 aromatic carbocycles. The number of hydrogen-bond donors (Lipinski definition) is 1. The lowest BCUT2D eigenvalue weighted by Crippen LogP contribution is -2.02. The van der Waals surface area contributed by atoms with E-state index in [4.69, 9.17) is 10.2 Å². The van der Waals surface area contributed by atoms with Crippen LogP contribution in [0.4, 0.5) is 0 Å². The Balaban J connectivity index is 2.70. The molecule has 0 aliphatic rings. The number of benzene rings is 1. The molecule has 1 aromatic heterocycles. The summed E-state index contributed by atoms with van der Waals surface area (Å²) in [5.41, 5.74) is 9.03. The van der Waals surface area contributed by atoms with E-state index in [1.807, 2.05) is 6.92 Å². The molecule has 0 unspecified atom stereocenters. The van der Waals surface area contributed by atoms with E-state index in [1.54, 1.807) is 0 Å². The fraction of sp³-hybridized carbons (Fsp3) is 0.333. The summed E-state index contributed by atoms with van der Waals surface area (Å²) in [6.07, 6.45) is 0.891. The second-order valence-electron chi connectivity index (χ2n) is 3.63. The van der Waals surface area contributed by atoms with Crippen LogP contribution in [0.2, 0.25) is 0 Å². The molecular weight excluding hydrogens is 174 g/mol. The van der Waals surface area contributed by atoms with Crippen molar-refractivity contribution in [2.75, 3.05) is 6.54 Å². The second kappa shape index (κ2) is 3.46. The van der Waals surface area contributed by atoms with Crippen molar-refractivity contribution >= 4 is 11.0 Å². The highest BCUT2D eigenvalue weighted by Gasteiger charge is 2.10. The summed E-state index contributed by atoms with van der Waals surface area (Å²) >= 11 is 0. The van der Waals surface area contributed by atoms with E-state index in [9.17, 15) is 0 Å². The maximum atomic E-state index is 5.73. The van der Waals surface area contributed by atoms with Crippen LogP contribution < -0.4 is 5.73 Å². The van der Waals surface area contributed by atoms with Gasteiger partial charge in [-0.25, -0.2) is 0 Å². The number of nitrogens with two attached hydrogens (primary N) is 1. The first kappa shape index (κ1) is 9.28. The number of hydrogen-bond acceptors (Lipinski definition) is 2. The van der Waals surface area contributed by atoms with E-state index in [2.05, 4.69) is 25.1 Å². The number of para-hydroxylation sites is 1. The van der Waals surface area contributed by atoms with Crippen LogP contribution in [-0.2, 0) is 6.42 Å². The average molecular weight is 189 g/mol. The average Bonchev–Trinajstić information content (AvgIpc) is 2.47. The van der Waals surface area contributed by atoms with Crippen molar-refractivity contribution in [2.45, 2.75) is 20.3 Å². The second-order valence-corrected chi connectivity index (χ2v) is 3.63. The van der Waals surface area contributed by atoms with E-state index < -0.39 is 0 Å². The molecule has 0 saturated heterocycles. The van der Waals surface area contributed by atoms with Crippen molar-refractivity contribution in [2.24, 2.45) is 5.73 Å². The predicted octanol–water partition coefficient (Wildman–Crippen LogP) is 2.55. The summed E-state index contributed by atoms with van der Waals surface area (Å²) in [6, 6.07) is 6.23. The zero-order valence-electron chi connectivity index (χ0n) is 8.63. The number of aryl methyl sites for hydroxylation is 2. The van der Waals surface area contributed by atoms with Gasteiger partial charge in [-0.2, -0.15) is 0 Å². The standard InChI is InChI=1S/C12H15NO/c1-8-4-3-5-11-10(6-7-13)9(2)14-12(8)11/h3-5H,6-7,13H2,1-2H3. The first-order chi connectivity index (χ1) is 6.74. The van der Waals surface area contributed by atoms with Gasteiger partial charge < -0.3 is 10.2 Å². The molecular formula is C12H15NO. The van der Waals surface area contributed by atoms with Gasteiger partial charge in [-0.3, -0.25) is 0 Å². The summed E-state index contributed by atoms with van der Waals surface area (Å²) in [7, 11) is 0. The van der Waals surface area contributed by atoms with Crippen LogP contribution in [0.5, 0.6) is 0 Å². The largest absolute Gasteiger partial charge is 0.461 e. The molecule has 0 fully saturated rings. The molecule has 1 heterocycles. The van der Waals surface area contributed by atoms with Crippen molar-refractivity contribution in [3.8, 4) is 0 Å². The highest BCUT2D eigenvalue weighted by atomic mass is 16.3. The summed E-state index contributed by atoms with van der Waals surface area (Å²) in [5, 5.41) is 1.22. The summed E-state index contributed by atoms with van der Waals surface area (Å²) in [4.78, 5) is 0. The molecule has 74 valence electrons. The van der Waals surface area contributed by atoms with Crippen molar-refractivity contribution in [1.82, 2.24) is 0 Å². The van der Waals surface area contributed by atoms with Gasteiger partial charge in [-0.15, -0.1) is 0 Å². The SMILES string of the molecule is Cc1oc2c(C)cccc2c1CCN. The molecule has 2 nitrogen and oxygen atoms in total. The van der Waals surface area contributed by atoms with Gasteiger partial charge in [0.25, 0.3) is 0 Å². The molecule has 0 atom stereocenters. The number of furan rings is 1. The molecule has 0 aliphatic carbocycles. The Morgan fingerprint density at radius 3 is 2.79 bits per heavy atom. The van der Waals surface area contributed by atoms with Gasteiger partial charge in [0, 0.05) is 10.9 Å². The Kier molecular flexibility index (Phi) is 2.30. The maximum absolute atomic E-state index is 5.73. The zero-order chi connectivity index (χ0) is 10.1. The topological polar surface area (TPSA) is 39.2 Å². The monoisotopic (exact) mass is 189 g/mol. The molecule has 0 aliphatic heterocycles. The minimum Gasteiger partial charge on any atom is -0.461 e. The Bertz CT molecular complexity index is 457. The molecule has 0 saturated carbocycles. The van der Waals surface area contributed by atoms with Gasteiger partial charge in [0.2, 0.25) is 0 Å². The smallest absolute Gasteiger partial charge is 0.137 e. The van der Waals surface area contributed by atoms with Crippen molar-refractivity contribution in [3.05, 3.63) is 35.1 Å². The van der Waals surface area contributed by atoms with Gasteiger partial charge in [0.15, 0.2) is 0 Å². The van der Waals surface area contributed by atoms with Crippen LogP contribution in [0.1, 0.15) is 16.9 Å². The van der Waals surface area contributed by atoms with Crippen LogP contribution >= 0.6 is 0 Å². The summed E-state index contributed by atoms with van der Waals surface area (Å²) in [5.74, 6) is 1.000. The summed E-state index contributed by atoms with van der Waals surface area (Å²) < 4.78 is 5.73. The predicted molar refractivity (Wildman–Crippen MR) is 58.4 cm³/mol. The first-order valence-electron chi connectivity index (χ1n) is 4.91. The van der Waals surface area contributed by atoms with Crippen LogP contribution in [0, 0.1) is 13.8 Å². The molecule has 2 rings (SSSR count). The third-order valence-corrected chi connectivity index (χ3v) is 2.61. The molecule has 14 heavy (non-hydrogen) atoms. The van der Waals surface area contributed by atoms with Crippen LogP contribution in [-0.4, -0.2) is 6.54 Å². The Hall–Kier alpha value is -1.28. The number of rotatable bonds is 2. The van der Waals surface area contributed by atoms with Gasteiger partial charge in [-0.1, -0.05) is 18.2 Å². The lowest BCUT2D eigenvalue weighted by atomic mass is 10.1. The highest BCUT2D eigenvalue weighted by Crippen LogP contribution is 2.27. The van der Waals surface area contributed by atoms with E-state index in [0.717, 1.165) is 17.8 Å². The Labute approximate surface area is 83.7 Å². The van der Waals surface area contributed by atoms with E-state index >= 15 is 0 Å². The summed E-state index contributed by atoms with van der Waals surface area (Å²) in [6.45, 7) is 4.74. The van der Waals surface area contributed by atoms with Gasteiger partial charge in [0.1, 0.15) is 11.3 Å². The molecule has 2 aromatic rings. The molecule has 0 spiro atoms. The quantitative estimate of drug-likeness (QED) is 0.788. The zero-order valence-corrected chi connectivity index (χ0v) is 8.63. The Morgan fingerprint density at radius 1 is 1.29 bits per heavy atom. The van der Waals surface area contributed by atoms with Crippen molar-refractivity contribution in [1.29, 1.82) is 0 Å². The fourth-order valence-corrected chi connectivity index (χ4v) is 1.88. The highest BCUT2D eigenvalue weighted by molar-refractivity contribution is 5.84.